The van der Waals surface area contributed by atoms with Crippen molar-refractivity contribution in [3.63, 3.8) is 0 Å². The molecule has 1 aromatic heterocycles. The number of pyridine rings is 1. The molecule has 1 aromatic carbocycles. The maximum atomic E-state index is 12.0. The number of nitrogens with two attached hydrogens (primary N) is 1. The van der Waals surface area contributed by atoms with Gasteiger partial charge in [0.15, 0.2) is 11.6 Å². The molecule has 0 saturated heterocycles. The van der Waals surface area contributed by atoms with Crippen LogP contribution in [0.4, 0.5) is 5.82 Å². The number of nitrogens with zero attached hydrogens (tertiary/aromatic N) is 1. The van der Waals surface area contributed by atoms with E-state index in [1.54, 1.807) is 13.0 Å². The summed E-state index contributed by atoms with van der Waals surface area (Å²) >= 11 is 0. The Morgan fingerprint density at radius 3 is 2.65 bits per heavy atom. The van der Waals surface area contributed by atoms with Crippen LogP contribution in [0.15, 0.2) is 36.4 Å². The maximum absolute atomic E-state index is 12.0. The average molecular weight is 271 g/mol. The van der Waals surface area contributed by atoms with Gasteiger partial charge in [0.25, 0.3) is 0 Å². The third-order valence-corrected chi connectivity index (χ3v) is 2.96. The Morgan fingerprint density at radius 1 is 1.25 bits per heavy atom. The molecule has 0 aliphatic carbocycles. The fraction of sp³-hybridized carbons (Fsp3) is 0.200. The second-order valence-electron chi connectivity index (χ2n) is 4.52. The summed E-state index contributed by atoms with van der Waals surface area (Å²) in [6.07, 6.45) is 0.197. The second kappa shape index (κ2) is 6.16. The van der Waals surface area contributed by atoms with Gasteiger partial charge in [0.05, 0.1) is 6.42 Å². The van der Waals surface area contributed by atoms with Crippen molar-refractivity contribution in [2.75, 3.05) is 5.32 Å². The Bertz CT molecular complexity index is 626. The predicted octanol–water partition coefficient (Wildman–Crippen LogP) is 1.74. The SMILES string of the molecule is Cc1ccc(O)c(NC(=O)Cc2ccccc2CN)n1. The van der Waals surface area contributed by atoms with Gasteiger partial charge in [-0.1, -0.05) is 24.3 Å². The van der Waals surface area contributed by atoms with Gasteiger partial charge in [-0.05, 0) is 30.2 Å². The Balaban J connectivity index is 2.11. The molecule has 0 unspecified atom stereocenters. The van der Waals surface area contributed by atoms with Gasteiger partial charge in [-0.25, -0.2) is 4.98 Å². The number of aryl methyl sites for hydroxylation is 1. The highest BCUT2D eigenvalue weighted by Crippen LogP contribution is 2.20. The average Bonchev–Trinajstić information content (AvgIpc) is 2.43. The van der Waals surface area contributed by atoms with Crippen molar-refractivity contribution in [1.29, 1.82) is 0 Å². The first-order chi connectivity index (χ1) is 9.60. The number of aromatic hydroxyl groups is 1. The van der Waals surface area contributed by atoms with Crippen LogP contribution in [0.1, 0.15) is 16.8 Å². The normalized spacial score (nSPS) is 10.3. The topological polar surface area (TPSA) is 88.2 Å². The fourth-order valence-electron chi connectivity index (χ4n) is 1.92. The molecule has 2 aromatic rings. The van der Waals surface area contributed by atoms with Gasteiger partial charge in [-0.15, -0.1) is 0 Å². The second-order valence-corrected chi connectivity index (χ2v) is 4.52. The number of nitrogens with one attached hydrogen (secondary N) is 1. The standard InChI is InChI=1S/C15H17N3O2/c1-10-6-7-13(19)15(17-10)18-14(20)8-11-4-2-3-5-12(11)9-16/h2-7,19H,8-9,16H2,1H3,(H,17,18,20). The summed E-state index contributed by atoms with van der Waals surface area (Å²) in [7, 11) is 0. The molecule has 0 saturated carbocycles. The zero-order valence-corrected chi connectivity index (χ0v) is 11.3. The van der Waals surface area contributed by atoms with E-state index in [2.05, 4.69) is 10.3 Å². The van der Waals surface area contributed by atoms with E-state index < -0.39 is 0 Å². The molecule has 2 rings (SSSR count). The van der Waals surface area contributed by atoms with Crippen LogP contribution in [0.5, 0.6) is 5.75 Å². The first kappa shape index (κ1) is 14.0. The molecule has 0 aliphatic heterocycles. The minimum Gasteiger partial charge on any atom is -0.504 e. The number of hydrogen-bond donors (Lipinski definition) is 3. The van der Waals surface area contributed by atoms with Crippen molar-refractivity contribution >= 4 is 11.7 Å². The lowest BCUT2D eigenvalue weighted by Gasteiger charge is -2.09. The summed E-state index contributed by atoms with van der Waals surface area (Å²) in [5.74, 6) is -0.101. The number of carbonyl (C=O) groups excluding carboxylic acids is 1. The Kier molecular flexibility index (Phi) is 4.32. The predicted molar refractivity (Wildman–Crippen MR) is 77.3 cm³/mol. The van der Waals surface area contributed by atoms with Crippen LogP contribution in [0.25, 0.3) is 0 Å². The van der Waals surface area contributed by atoms with Crippen LogP contribution in [0.2, 0.25) is 0 Å². The lowest BCUT2D eigenvalue weighted by atomic mass is 10.0. The largest absolute Gasteiger partial charge is 0.504 e. The van der Waals surface area contributed by atoms with Crippen LogP contribution < -0.4 is 11.1 Å². The molecule has 1 amide bonds. The fourth-order valence-corrected chi connectivity index (χ4v) is 1.92. The Morgan fingerprint density at radius 2 is 1.95 bits per heavy atom. The maximum Gasteiger partial charge on any atom is 0.230 e. The van der Waals surface area contributed by atoms with Crippen molar-refractivity contribution in [3.8, 4) is 5.75 Å². The van der Waals surface area contributed by atoms with E-state index in [0.717, 1.165) is 16.8 Å². The molecule has 0 radical (unpaired) electrons. The van der Waals surface area contributed by atoms with E-state index in [-0.39, 0.29) is 23.9 Å². The van der Waals surface area contributed by atoms with Gasteiger partial charge < -0.3 is 16.2 Å². The molecule has 104 valence electrons. The van der Waals surface area contributed by atoms with Crippen molar-refractivity contribution in [3.05, 3.63) is 53.2 Å². The minimum atomic E-state index is -0.237. The molecule has 0 atom stereocenters. The number of benzene rings is 1. The highest BCUT2D eigenvalue weighted by Gasteiger charge is 2.10. The molecule has 5 nitrogen and oxygen atoms in total. The van der Waals surface area contributed by atoms with Crippen LogP contribution >= 0.6 is 0 Å². The number of carbonyl (C=O) groups is 1. The lowest BCUT2D eigenvalue weighted by molar-refractivity contribution is -0.115. The van der Waals surface area contributed by atoms with Crippen LogP contribution in [-0.2, 0) is 17.8 Å². The van der Waals surface area contributed by atoms with E-state index in [0.29, 0.717) is 6.54 Å². The molecule has 0 bridgehead atoms. The first-order valence-corrected chi connectivity index (χ1v) is 6.33. The smallest absolute Gasteiger partial charge is 0.230 e. The molecule has 0 spiro atoms. The number of rotatable bonds is 4. The number of aromatic nitrogens is 1. The lowest BCUT2D eigenvalue weighted by Crippen LogP contribution is -2.17. The summed E-state index contributed by atoms with van der Waals surface area (Å²) in [6, 6.07) is 10.7. The monoisotopic (exact) mass is 271 g/mol. The van der Waals surface area contributed by atoms with Gasteiger partial charge >= 0.3 is 0 Å². The number of anilines is 1. The highest BCUT2D eigenvalue weighted by molar-refractivity contribution is 5.92. The van der Waals surface area contributed by atoms with Crippen LogP contribution in [0, 0.1) is 6.92 Å². The van der Waals surface area contributed by atoms with Crippen molar-refractivity contribution in [2.45, 2.75) is 19.9 Å². The summed E-state index contributed by atoms with van der Waals surface area (Å²) in [4.78, 5) is 16.1. The number of hydrogen-bond acceptors (Lipinski definition) is 4. The van der Waals surface area contributed by atoms with Crippen LogP contribution in [0.3, 0.4) is 0 Å². The molecule has 5 heteroatoms. The van der Waals surface area contributed by atoms with Gasteiger partial charge in [0, 0.05) is 12.2 Å². The molecule has 0 fully saturated rings. The van der Waals surface area contributed by atoms with Gasteiger partial charge in [-0.2, -0.15) is 0 Å². The third kappa shape index (κ3) is 3.33. The molecule has 1 heterocycles. The van der Waals surface area contributed by atoms with E-state index in [1.807, 2.05) is 24.3 Å². The minimum absolute atomic E-state index is 0.0453. The molecule has 0 aliphatic rings. The highest BCUT2D eigenvalue weighted by atomic mass is 16.3. The van der Waals surface area contributed by atoms with Gasteiger partial charge in [0.1, 0.15) is 0 Å². The van der Waals surface area contributed by atoms with Gasteiger partial charge in [0.2, 0.25) is 5.91 Å². The zero-order valence-electron chi connectivity index (χ0n) is 11.3. The van der Waals surface area contributed by atoms with Gasteiger partial charge in [-0.3, -0.25) is 4.79 Å². The number of amides is 1. The van der Waals surface area contributed by atoms with Crippen molar-refractivity contribution < 1.29 is 9.90 Å². The molecule has 20 heavy (non-hydrogen) atoms. The third-order valence-electron chi connectivity index (χ3n) is 2.96. The Hall–Kier alpha value is -2.40. The quantitative estimate of drug-likeness (QED) is 0.790. The summed E-state index contributed by atoms with van der Waals surface area (Å²) < 4.78 is 0. The van der Waals surface area contributed by atoms with E-state index in [9.17, 15) is 9.90 Å². The molecule has 4 N–H and O–H groups in total. The van der Waals surface area contributed by atoms with Crippen LogP contribution in [-0.4, -0.2) is 16.0 Å². The van der Waals surface area contributed by atoms with E-state index in [1.165, 1.54) is 6.07 Å². The zero-order chi connectivity index (χ0) is 14.5. The first-order valence-electron chi connectivity index (χ1n) is 6.33. The summed E-state index contributed by atoms with van der Waals surface area (Å²) in [5.41, 5.74) is 8.17. The van der Waals surface area contributed by atoms with Crippen molar-refractivity contribution in [2.24, 2.45) is 5.73 Å². The molecular weight excluding hydrogens is 254 g/mol. The summed E-state index contributed by atoms with van der Waals surface area (Å²) in [5, 5.41) is 12.3. The van der Waals surface area contributed by atoms with Crippen molar-refractivity contribution in [1.82, 2.24) is 4.98 Å². The molecular formula is C15H17N3O2. The van der Waals surface area contributed by atoms with E-state index >= 15 is 0 Å². The van der Waals surface area contributed by atoms with E-state index in [4.69, 9.17) is 5.73 Å². The summed E-state index contributed by atoms with van der Waals surface area (Å²) in [6.45, 7) is 2.18. The Labute approximate surface area is 117 Å².